The van der Waals surface area contributed by atoms with Gasteiger partial charge in [0.15, 0.2) is 5.96 Å². The van der Waals surface area contributed by atoms with Gasteiger partial charge in [0.1, 0.15) is 0 Å². The highest BCUT2D eigenvalue weighted by Crippen LogP contribution is 2.12. The fraction of sp³-hybridized carbons (Fsp3) is 0.720. The predicted octanol–water partition coefficient (Wildman–Crippen LogP) is 2.81. The maximum atomic E-state index is 5.75. The van der Waals surface area contributed by atoms with Crippen molar-refractivity contribution in [3.8, 4) is 0 Å². The molecular formula is C25H44IN5O2. The quantitative estimate of drug-likeness (QED) is 0.164. The lowest BCUT2D eigenvalue weighted by atomic mass is 10.1. The Morgan fingerprint density at radius 2 is 1.76 bits per heavy atom. The van der Waals surface area contributed by atoms with Crippen LogP contribution in [0.5, 0.6) is 0 Å². The van der Waals surface area contributed by atoms with Crippen LogP contribution in [0.3, 0.4) is 0 Å². The summed E-state index contributed by atoms with van der Waals surface area (Å²) in [5.74, 6) is 1.49. The highest BCUT2D eigenvalue weighted by Gasteiger charge is 2.16. The smallest absolute Gasteiger partial charge is 0.190 e. The largest absolute Gasteiger partial charge is 0.381 e. The minimum atomic E-state index is 0. The Hall–Kier alpha value is -0.940. The molecule has 8 heteroatoms. The van der Waals surface area contributed by atoms with E-state index in [1.54, 1.807) is 0 Å². The highest BCUT2D eigenvalue weighted by molar-refractivity contribution is 14.0. The van der Waals surface area contributed by atoms with Gasteiger partial charge in [0.2, 0.25) is 0 Å². The Bertz CT molecular complexity index is 635. The zero-order valence-corrected chi connectivity index (χ0v) is 22.7. The van der Waals surface area contributed by atoms with E-state index >= 15 is 0 Å². The lowest BCUT2D eigenvalue weighted by Gasteiger charge is -2.34. The summed E-state index contributed by atoms with van der Waals surface area (Å²) in [7, 11) is 1.83. The number of ether oxygens (including phenoxy) is 2. The molecule has 0 aromatic heterocycles. The molecule has 2 fully saturated rings. The number of aliphatic imine (C=N–C) groups is 1. The molecule has 2 N–H and O–H groups in total. The number of unbranched alkanes of at least 4 members (excludes halogenated alkanes) is 1. The van der Waals surface area contributed by atoms with Crippen LogP contribution in [-0.2, 0) is 16.0 Å². The van der Waals surface area contributed by atoms with Gasteiger partial charge >= 0.3 is 0 Å². The molecule has 2 saturated heterocycles. The van der Waals surface area contributed by atoms with E-state index in [2.05, 4.69) is 55.8 Å². The predicted molar refractivity (Wildman–Crippen MR) is 147 cm³/mol. The van der Waals surface area contributed by atoms with Crippen molar-refractivity contribution in [3.63, 3.8) is 0 Å². The topological polar surface area (TPSA) is 61.4 Å². The molecule has 2 aliphatic heterocycles. The molecule has 7 nitrogen and oxygen atoms in total. The number of hydrogen-bond donors (Lipinski definition) is 2. The van der Waals surface area contributed by atoms with Crippen molar-refractivity contribution in [2.75, 3.05) is 79.3 Å². The first-order chi connectivity index (χ1) is 15.8. The van der Waals surface area contributed by atoms with Crippen LogP contribution < -0.4 is 10.6 Å². The van der Waals surface area contributed by atoms with Crippen molar-refractivity contribution in [3.05, 3.63) is 35.9 Å². The van der Waals surface area contributed by atoms with Gasteiger partial charge in [0, 0.05) is 72.0 Å². The third-order valence-electron chi connectivity index (χ3n) is 6.27. The van der Waals surface area contributed by atoms with E-state index < -0.39 is 0 Å². The van der Waals surface area contributed by atoms with Gasteiger partial charge in [-0.25, -0.2) is 0 Å². The van der Waals surface area contributed by atoms with Crippen LogP contribution in [-0.4, -0.2) is 95.0 Å². The average molecular weight is 574 g/mol. The second kappa shape index (κ2) is 17.5. The molecule has 1 aromatic carbocycles. The standard InChI is InChI=1S/C25H43N5O2.HI/c1-26-25(28-12-7-18-31-21-24-10-19-32-22-24)27-11-5-6-13-29-14-16-30(17-15-29)20-23-8-3-2-4-9-23;/h2-4,8-9,24H,5-7,10-22H2,1H3,(H2,26,27,28);1H. The number of piperazine rings is 1. The summed E-state index contributed by atoms with van der Waals surface area (Å²) in [6, 6.07) is 10.8. The van der Waals surface area contributed by atoms with Crippen molar-refractivity contribution in [2.24, 2.45) is 10.9 Å². The molecule has 2 heterocycles. The first-order valence-electron chi connectivity index (χ1n) is 12.4. The maximum Gasteiger partial charge on any atom is 0.190 e. The van der Waals surface area contributed by atoms with Crippen molar-refractivity contribution in [2.45, 2.75) is 32.2 Å². The van der Waals surface area contributed by atoms with Crippen LogP contribution in [0.4, 0.5) is 0 Å². The number of nitrogens with one attached hydrogen (secondary N) is 2. The van der Waals surface area contributed by atoms with E-state index in [4.69, 9.17) is 9.47 Å². The van der Waals surface area contributed by atoms with Crippen molar-refractivity contribution < 1.29 is 9.47 Å². The molecule has 0 amide bonds. The minimum Gasteiger partial charge on any atom is -0.381 e. The molecule has 0 spiro atoms. The van der Waals surface area contributed by atoms with Crippen LogP contribution in [0.1, 0.15) is 31.2 Å². The lowest BCUT2D eigenvalue weighted by Crippen LogP contribution is -2.46. The zero-order chi connectivity index (χ0) is 22.3. The molecule has 3 rings (SSSR count). The summed E-state index contributed by atoms with van der Waals surface area (Å²) >= 11 is 0. The van der Waals surface area contributed by atoms with E-state index in [0.29, 0.717) is 5.92 Å². The van der Waals surface area contributed by atoms with Gasteiger partial charge in [0.05, 0.1) is 13.2 Å². The lowest BCUT2D eigenvalue weighted by molar-refractivity contribution is 0.0888. The molecule has 0 radical (unpaired) electrons. The fourth-order valence-corrected chi connectivity index (χ4v) is 4.25. The Morgan fingerprint density at radius 3 is 2.45 bits per heavy atom. The average Bonchev–Trinajstić information content (AvgIpc) is 3.35. The summed E-state index contributed by atoms with van der Waals surface area (Å²) in [4.78, 5) is 9.49. The second-order valence-corrected chi connectivity index (χ2v) is 8.89. The van der Waals surface area contributed by atoms with Gasteiger partial charge in [-0.15, -0.1) is 24.0 Å². The fourth-order valence-electron chi connectivity index (χ4n) is 4.25. The van der Waals surface area contributed by atoms with Crippen LogP contribution >= 0.6 is 24.0 Å². The Balaban J connectivity index is 0.00000385. The molecule has 1 aromatic rings. The molecule has 0 bridgehead atoms. The molecule has 2 aliphatic rings. The number of guanidine groups is 1. The molecule has 0 saturated carbocycles. The second-order valence-electron chi connectivity index (χ2n) is 8.89. The van der Waals surface area contributed by atoms with Crippen molar-refractivity contribution in [1.82, 2.24) is 20.4 Å². The molecule has 1 atom stereocenters. The zero-order valence-electron chi connectivity index (χ0n) is 20.3. The molecular weight excluding hydrogens is 529 g/mol. The monoisotopic (exact) mass is 573 g/mol. The van der Waals surface area contributed by atoms with Gasteiger partial charge < -0.3 is 25.0 Å². The van der Waals surface area contributed by atoms with Gasteiger partial charge in [0.25, 0.3) is 0 Å². The Morgan fingerprint density at radius 1 is 1.03 bits per heavy atom. The number of hydrogen-bond acceptors (Lipinski definition) is 5. The molecule has 1 unspecified atom stereocenters. The summed E-state index contributed by atoms with van der Waals surface area (Å²) in [5.41, 5.74) is 1.42. The maximum absolute atomic E-state index is 5.75. The third kappa shape index (κ3) is 11.8. The van der Waals surface area contributed by atoms with Gasteiger partial charge in [-0.3, -0.25) is 9.89 Å². The number of nitrogens with zero attached hydrogens (tertiary/aromatic N) is 3. The van der Waals surface area contributed by atoms with Crippen LogP contribution in [0, 0.1) is 5.92 Å². The first-order valence-corrected chi connectivity index (χ1v) is 12.4. The number of halogens is 1. The van der Waals surface area contributed by atoms with E-state index in [1.807, 2.05) is 7.05 Å². The van der Waals surface area contributed by atoms with Gasteiger partial charge in [-0.2, -0.15) is 0 Å². The summed E-state index contributed by atoms with van der Waals surface area (Å²) in [6.07, 6.45) is 4.52. The SMILES string of the molecule is CN=C(NCCCCN1CCN(Cc2ccccc2)CC1)NCCCOCC1CCOC1.I. The Labute approximate surface area is 217 Å². The van der Waals surface area contributed by atoms with Crippen molar-refractivity contribution >= 4 is 29.9 Å². The van der Waals surface area contributed by atoms with E-state index in [9.17, 15) is 0 Å². The number of benzene rings is 1. The van der Waals surface area contributed by atoms with E-state index in [0.717, 1.165) is 71.3 Å². The summed E-state index contributed by atoms with van der Waals surface area (Å²) in [5, 5.41) is 6.81. The Kier molecular flexibility index (Phi) is 15.0. The normalized spacial score (nSPS) is 19.9. The molecule has 188 valence electrons. The summed E-state index contributed by atoms with van der Waals surface area (Å²) in [6.45, 7) is 12.2. The van der Waals surface area contributed by atoms with E-state index in [-0.39, 0.29) is 24.0 Å². The molecule has 0 aliphatic carbocycles. The summed E-state index contributed by atoms with van der Waals surface area (Å²) < 4.78 is 11.1. The van der Waals surface area contributed by atoms with Crippen LogP contribution in [0.2, 0.25) is 0 Å². The van der Waals surface area contributed by atoms with Crippen LogP contribution in [0.15, 0.2) is 35.3 Å². The first kappa shape index (κ1) is 28.3. The van der Waals surface area contributed by atoms with Gasteiger partial charge in [-0.1, -0.05) is 30.3 Å². The van der Waals surface area contributed by atoms with Crippen molar-refractivity contribution in [1.29, 1.82) is 0 Å². The minimum absolute atomic E-state index is 0. The number of rotatable bonds is 13. The van der Waals surface area contributed by atoms with Gasteiger partial charge in [-0.05, 0) is 37.8 Å². The highest BCUT2D eigenvalue weighted by atomic mass is 127. The van der Waals surface area contributed by atoms with Crippen LogP contribution in [0.25, 0.3) is 0 Å². The third-order valence-corrected chi connectivity index (χ3v) is 6.27. The molecule has 33 heavy (non-hydrogen) atoms. The van der Waals surface area contributed by atoms with E-state index in [1.165, 1.54) is 44.7 Å².